The maximum Gasteiger partial charge on any atom is 0.322 e. The zero-order valence-electron chi connectivity index (χ0n) is 21.6. The highest BCUT2D eigenvalue weighted by molar-refractivity contribution is 5.99. The molecule has 190 valence electrons. The van der Waals surface area contributed by atoms with Gasteiger partial charge in [0.25, 0.3) is 0 Å². The fourth-order valence-corrected chi connectivity index (χ4v) is 4.14. The molecule has 1 heterocycles. The van der Waals surface area contributed by atoms with Crippen molar-refractivity contribution in [1.29, 1.82) is 0 Å². The van der Waals surface area contributed by atoms with Crippen LogP contribution in [0.5, 0.6) is 0 Å². The van der Waals surface area contributed by atoms with Gasteiger partial charge in [0.05, 0.1) is 11.4 Å². The molecule has 7 heteroatoms. The van der Waals surface area contributed by atoms with Crippen LogP contribution in [0.4, 0.5) is 16.3 Å². The van der Waals surface area contributed by atoms with Crippen molar-refractivity contribution in [1.82, 2.24) is 14.7 Å². The van der Waals surface area contributed by atoms with E-state index >= 15 is 0 Å². The van der Waals surface area contributed by atoms with E-state index in [0.717, 1.165) is 40.9 Å². The van der Waals surface area contributed by atoms with Gasteiger partial charge in [0, 0.05) is 17.8 Å². The van der Waals surface area contributed by atoms with Crippen molar-refractivity contribution in [3.8, 4) is 16.8 Å². The predicted molar refractivity (Wildman–Crippen MR) is 149 cm³/mol. The Morgan fingerprint density at radius 1 is 0.865 bits per heavy atom. The molecule has 4 aromatic rings. The third-order valence-corrected chi connectivity index (χ3v) is 6.09. The van der Waals surface area contributed by atoms with Crippen molar-refractivity contribution < 1.29 is 9.59 Å². The molecular formula is C30H33N5O2. The van der Waals surface area contributed by atoms with Crippen LogP contribution in [0.1, 0.15) is 31.0 Å². The topological polar surface area (TPSA) is 79.3 Å². The zero-order valence-corrected chi connectivity index (χ0v) is 21.6. The van der Waals surface area contributed by atoms with Crippen LogP contribution in [0, 0.1) is 13.8 Å². The number of hydrogen-bond acceptors (Lipinski definition) is 3. The molecule has 37 heavy (non-hydrogen) atoms. The number of nitrogens with zero attached hydrogens (tertiary/aromatic N) is 3. The molecule has 2 N–H and O–H groups in total. The summed E-state index contributed by atoms with van der Waals surface area (Å²) in [5.41, 5.74) is 5.27. The van der Waals surface area contributed by atoms with Crippen LogP contribution in [0.15, 0.2) is 84.9 Å². The Hall–Kier alpha value is -4.39. The quantitative estimate of drug-likeness (QED) is 0.281. The number of carbonyl (C=O) groups is 2. The Labute approximate surface area is 218 Å². The minimum Gasteiger partial charge on any atom is -0.315 e. The van der Waals surface area contributed by atoms with Crippen LogP contribution in [-0.2, 0) is 4.79 Å². The highest BCUT2D eigenvalue weighted by atomic mass is 16.2. The van der Waals surface area contributed by atoms with Crippen LogP contribution < -0.4 is 10.6 Å². The third-order valence-electron chi connectivity index (χ3n) is 6.09. The van der Waals surface area contributed by atoms with Crippen LogP contribution in [-0.4, -0.2) is 39.7 Å². The van der Waals surface area contributed by atoms with Gasteiger partial charge >= 0.3 is 6.03 Å². The normalized spacial score (nSPS) is 10.7. The summed E-state index contributed by atoms with van der Waals surface area (Å²) >= 11 is 0. The van der Waals surface area contributed by atoms with Crippen molar-refractivity contribution in [2.24, 2.45) is 0 Å². The molecule has 0 aliphatic heterocycles. The number of rotatable bonds is 9. The number of aryl methyl sites for hydroxylation is 2. The average Bonchev–Trinajstić information content (AvgIpc) is 3.23. The summed E-state index contributed by atoms with van der Waals surface area (Å²) in [4.78, 5) is 28.0. The van der Waals surface area contributed by atoms with E-state index in [-0.39, 0.29) is 18.5 Å². The van der Waals surface area contributed by atoms with Crippen molar-refractivity contribution >= 4 is 23.4 Å². The molecule has 0 spiro atoms. The second-order valence-corrected chi connectivity index (χ2v) is 9.04. The Bertz CT molecular complexity index is 1330. The van der Waals surface area contributed by atoms with Crippen LogP contribution in [0.25, 0.3) is 16.8 Å². The van der Waals surface area contributed by atoms with Crippen molar-refractivity contribution in [2.75, 3.05) is 23.7 Å². The van der Waals surface area contributed by atoms with Gasteiger partial charge in [-0.25, -0.2) is 9.48 Å². The minimum atomic E-state index is -0.304. The lowest BCUT2D eigenvalue weighted by Crippen LogP contribution is -2.41. The maximum absolute atomic E-state index is 13.4. The first-order valence-corrected chi connectivity index (χ1v) is 12.6. The first-order chi connectivity index (χ1) is 18.0. The molecule has 0 saturated carbocycles. The fourth-order valence-electron chi connectivity index (χ4n) is 4.14. The van der Waals surface area contributed by atoms with E-state index in [1.54, 1.807) is 9.58 Å². The molecule has 0 aliphatic carbocycles. The summed E-state index contributed by atoms with van der Waals surface area (Å²) in [7, 11) is 0. The highest BCUT2D eigenvalue weighted by Crippen LogP contribution is 2.33. The molecule has 0 radical (unpaired) electrons. The Morgan fingerprint density at radius 3 is 2.16 bits per heavy atom. The summed E-state index contributed by atoms with van der Waals surface area (Å²) in [6.45, 7) is 6.42. The molecule has 0 aliphatic rings. The first-order valence-electron chi connectivity index (χ1n) is 12.6. The highest BCUT2D eigenvalue weighted by Gasteiger charge is 2.23. The molecule has 3 amide bonds. The number of benzene rings is 3. The molecular weight excluding hydrogens is 462 g/mol. The summed E-state index contributed by atoms with van der Waals surface area (Å²) in [6, 6.07) is 26.8. The summed E-state index contributed by atoms with van der Waals surface area (Å²) in [5.74, 6) is 0.293. The van der Waals surface area contributed by atoms with E-state index in [1.807, 2.05) is 98.8 Å². The predicted octanol–water partition coefficient (Wildman–Crippen LogP) is 6.43. The molecule has 7 nitrogen and oxygen atoms in total. The number of aromatic nitrogens is 2. The zero-order chi connectivity index (χ0) is 26.2. The standard InChI is InChI=1S/C30H33N5O2/c1-4-5-20-34(30(37)31-25-14-10-7-11-15-25)21-27(36)32-29-28(24-12-8-6-9-13-24)23(3)33-35(29)26-18-16-22(2)17-19-26/h6-19H,4-5,20-21H2,1-3H3,(H,31,37)(H,32,36). The van der Waals surface area contributed by atoms with E-state index in [2.05, 4.69) is 17.6 Å². The smallest absolute Gasteiger partial charge is 0.315 e. The number of anilines is 2. The van der Waals surface area contributed by atoms with Gasteiger partial charge in [0.15, 0.2) is 0 Å². The summed E-state index contributed by atoms with van der Waals surface area (Å²) < 4.78 is 1.76. The molecule has 3 aromatic carbocycles. The lowest BCUT2D eigenvalue weighted by atomic mass is 10.1. The summed E-state index contributed by atoms with van der Waals surface area (Å²) in [5, 5.41) is 10.7. The van der Waals surface area contributed by atoms with Gasteiger partial charge < -0.3 is 15.5 Å². The molecule has 0 unspecified atom stereocenters. The number of carbonyl (C=O) groups excluding carboxylic acids is 2. The Morgan fingerprint density at radius 2 is 1.51 bits per heavy atom. The molecule has 0 bridgehead atoms. The molecule has 0 fully saturated rings. The van der Waals surface area contributed by atoms with Gasteiger partial charge in [-0.3, -0.25) is 4.79 Å². The number of urea groups is 1. The van der Waals surface area contributed by atoms with E-state index in [0.29, 0.717) is 18.1 Å². The number of amides is 3. The van der Waals surface area contributed by atoms with Gasteiger partial charge in [-0.05, 0) is 50.1 Å². The fraction of sp³-hybridized carbons (Fsp3) is 0.233. The van der Waals surface area contributed by atoms with Crippen molar-refractivity contribution in [3.63, 3.8) is 0 Å². The molecule has 4 rings (SSSR count). The van der Waals surface area contributed by atoms with Gasteiger partial charge in [-0.2, -0.15) is 5.10 Å². The molecule has 1 aromatic heterocycles. The van der Waals surface area contributed by atoms with E-state index in [1.165, 1.54) is 0 Å². The number of para-hydroxylation sites is 1. The van der Waals surface area contributed by atoms with Crippen LogP contribution in [0.2, 0.25) is 0 Å². The van der Waals surface area contributed by atoms with Gasteiger partial charge in [0.2, 0.25) is 5.91 Å². The molecule has 0 saturated heterocycles. The van der Waals surface area contributed by atoms with E-state index in [9.17, 15) is 9.59 Å². The lowest BCUT2D eigenvalue weighted by Gasteiger charge is -2.23. The van der Waals surface area contributed by atoms with Gasteiger partial charge in [-0.15, -0.1) is 0 Å². The van der Waals surface area contributed by atoms with Crippen LogP contribution >= 0.6 is 0 Å². The van der Waals surface area contributed by atoms with Gasteiger partial charge in [0.1, 0.15) is 12.4 Å². The second-order valence-electron chi connectivity index (χ2n) is 9.04. The van der Waals surface area contributed by atoms with Crippen LogP contribution in [0.3, 0.4) is 0 Å². The largest absolute Gasteiger partial charge is 0.322 e. The van der Waals surface area contributed by atoms with Crippen molar-refractivity contribution in [3.05, 3.63) is 96.2 Å². The lowest BCUT2D eigenvalue weighted by molar-refractivity contribution is -0.116. The number of unbranched alkanes of at least 4 members (excludes halogenated alkanes) is 1. The third kappa shape index (κ3) is 6.44. The van der Waals surface area contributed by atoms with E-state index in [4.69, 9.17) is 5.10 Å². The monoisotopic (exact) mass is 495 g/mol. The number of nitrogens with one attached hydrogen (secondary N) is 2. The molecule has 0 atom stereocenters. The minimum absolute atomic E-state index is 0.0784. The SMILES string of the molecule is CCCCN(CC(=O)Nc1c(-c2ccccc2)c(C)nn1-c1ccc(C)cc1)C(=O)Nc1ccccc1. The average molecular weight is 496 g/mol. The Kier molecular flexibility index (Phi) is 8.36. The second kappa shape index (κ2) is 12.0. The Balaban J connectivity index is 1.63. The van der Waals surface area contributed by atoms with E-state index < -0.39 is 0 Å². The first kappa shape index (κ1) is 25.7. The number of hydrogen-bond donors (Lipinski definition) is 2. The summed E-state index contributed by atoms with van der Waals surface area (Å²) in [6.07, 6.45) is 1.71. The maximum atomic E-state index is 13.4. The van der Waals surface area contributed by atoms with Gasteiger partial charge in [-0.1, -0.05) is 79.6 Å². The van der Waals surface area contributed by atoms with Crippen molar-refractivity contribution in [2.45, 2.75) is 33.6 Å².